The van der Waals surface area contributed by atoms with E-state index in [0.29, 0.717) is 41.2 Å². The average Bonchev–Trinajstić information content (AvgIpc) is 3.12. The van der Waals surface area contributed by atoms with Crippen LogP contribution >= 0.6 is 11.6 Å². The number of alkyl halides is 1. The van der Waals surface area contributed by atoms with Crippen molar-refractivity contribution < 1.29 is 23.7 Å². The fourth-order valence-corrected chi connectivity index (χ4v) is 4.79. The molecule has 8 heteroatoms. The minimum Gasteiger partial charge on any atom is -0.493 e. The van der Waals surface area contributed by atoms with E-state index < -0.39 is 11.6 Å². The Balaban J connectivity index is 2.02. The van der Waals surface area contributed by atoms with Crippen LogP contribution in [0.2, 0.25) is 0 Å². The van der Waals surface area contributed by atoms with Gasteiger partial charge in [-0.05, 0) is 47.7 Å². The van der Waals surface area contributed by atoms with Crippen LogP contribution in [0.3, 0.4) is 0 Å². The second-order valence-electron chi connectivity index (χ2n) is 8.39. The van der Waals surface area contributed by atoms with Crippen LogP contribution in [0.25, 0.3) is 11.1 Å². The van der Waals surface area contributed by atoms with Crippen LogP contribution < -0.4 is 29.7 Å². The summed E-state index contributed by atoms with van der Waals surface area (Å²) in [5.74, 6) is 1.25. The maximum atomic E-state index is 12.9. The number of amides is 1. The zero-order valence-corrected chi connectivity index (χ0v) is 21.3. The molecule has 0 fully saturated rings. The third-order valence-electron chi connectivity index (χ3n) is 6.18. The van der Waals surface area contributed by atoms with Gasteiger partial charge in [-0.25, -0.2) is 0 Å². The van der Waals surface area contributed by atoms with E-state index in [2.05, 4.69) is 5.32 Å². The van der Waals surface area contributed by atoms with Crippen molar-refractivity contribution in [3.05, 3.63) is 81.5 Å². The molecule has 0 saturated carbocycles. The highest BCUT2D eigenvalue weighted by Gasteiger charge is 2.31. The van der Waals surface area contributed by atoms with Crippen LogP contribution in [0.1, 0.15) is 41.6 Å². The monoisotopic (exact) mass is 509 g/mol. The number of nitrogens with one attached hydrogen (secondary N) is 1. The topological polar surface area (TPSA) is 83.1 Å². The highest BCUT2D eigenvalue weighted by molar-refractivity contribution is 6.20. The fraction of sp³-hybridized carbons (Fsp3) is 0.286. The summed E-state index contributed by atoms with van der Waals surface area (Å²) in [4.78, 5) is 25.0. The summed E-state index contributed by atoms with van der Waals surface area (Å²) < 4.78 is 23.1. The van der Waals surface area contributed by atoms with Crippen LogP contribution in [-0.4, -0.2) is 27.2 Å². The molecule has 0 bridgehead atoms. The molecule has 0 radical (unpaired) electrons. The van der Waals surface area contributed by atoms with Gasteiger partial charge in [0.1, 0.15) is 0 Å². The van der Waals surface area contributed by atoms with Crippen molar-refractivity contribution >= 4 is 17.5 Å². The number of rotatable bonds is 7. The lowest BCUT2D eigenvalue weighted by Crippen LogP contribution is -2.26. The van der Waals surface area contributed by atoms with Crippen molar-refractivity contribution in [1.29, 1.82) is 0 Å². The van der Waals surface area contributed by atoms with Crippen LogP contribution in [-0.2, 0) is 11.2 Å². The molecule has 2 atom stereocenters. The van der Waals surface area contributed by atoms with Gasteiger partial charge in [-0.1, -0.05) is 48.0 Å². The number of benzene rings is 2. The van der Waals surface area contributed by atoms with Gasteiger partial charge in [0, 0.05) is 18.1 Å². The molecule has 1 N–H and O–H groups in total. The molecule has 0 aromatic heterocycles. The lowest BCUT2D eigenvalue weighted by Gasteiger charge is -2.23. The highest BCUT2D eigenvalue weighted by atomic mass is 35.5. The fourth-order valence-electron chi connectivity index (χ4n) is 4.56. The zero-order valence-electron chi connectivity index (χ0n) is 20.6. The molecule has 1 aliphatic carbocycles. The smallest absolute Gasteiger partial charge is 0.220 e. The van der Waals surface area contributed by atoms with Crippen molar-refractivity contribution in [2.24, 2.45) is 0 Å². The summed E-state index contributed by atoms with van der Waals surface area (Å²) in [6.45, 7) is 1.46. The molecule has 4 rings (SSSR count). The van der Waals surface area contributed by atoms with Crippen LogP contribution in [0.5, 0.6) is 23.0 Å². The molecule has 0 spiro atoms. The first-order valence-electron chi connectivity index (χ1n) is 11.5. The standard InChI is InChI=1S/C28H28ClNO6/c1-16(31)30-21-12-10-18-14-24(34-3)26(35-4)27(36-28(29)17-8-6-5-7-9-17)25(18)19-11-13-23(33-2)22(32)15-20(19)21/h5-9,11,13-15,21,28H,10,12H2,1-4H3,(H,30,31)/t21-,28?/m0/s1. The lowest BCUT2D eigenvalue weighted by atomic mass is 9.95. The quantitative estimate of drug-likeness (QED) is 0.442. The number of carbonyl (C=O) groups excluding carboxylic acids is 1. The van der Waals surface area contributed by atoms with E-state index >= 15 is 0 Å². The summed E-state index contributed by atoms with van der Waals surface area (Å²) in [6.07, 6.45) is 1.14. The van der Waals surface area contributed by atoms with E-state index in [0.717, 1.165) is 16.7 Å². The third kappa shape index (κ3) is 4.97. The number of hydrogen-bond donors (Lipinski definition) is 1. The van der Waals surface area contributed by atoms with Gasteiger partial charge in [0.25, 0.3) is 0 Å². The molecule has 1 unspecified atom stereocenters. The second kappa shape index (κ2) is 10.9. The summed E-state index contributed by atoms with van der Waals surface area (Å²) in [7, 11) is 4.54. The maximum Gasteiger partial charge on any atom is 0.220 e. The number of ether oxygens (including phenoxy) is 4. The van der Waals surface area contributed by atoms with E-state index in [1.807, 2.05) is 36.4 Å². The van der Waals surface area contributed by atoms with Crippen molar-refractivity contribution in [1.82, 2.24) is 5.32 Å². The predicted molar refractivity (Wildman–Crippen MR) is 138 cm³/mol. The zero-order chi connectivity index (χ0) is 25.8. The molecule has 0 aliphatic heterocycles. The van der Waals surface area contributed by atoms with Crippen molar-refractivity contribution in [3.8, 4) is 34.1 Å². The molecule has 1 aliphatic rings. The number of halogens is 1. The maximum absolute atomic E-state index is 12.9. The van der Waals surface area contributed by atoms with Gasteiger partial charge in [0.2, 0.25) is 17.1 Å². The Morgan fingerprint density at radius 1 is 0.972 bits per heavy atom. The Labute approximate surface area is 214 Å². The minimum absolute atomic E-state index is 0.189. The predicted octanol–water partition coefficient (Wildman–Crippen LogP) is 5.18. The van der Waals surface area contributed by atoms with Gasteiger partial charge in [-0.15, -0.1) is 0 Å². The Hall–Kier alpha value is -3.71. The molecule has 36 heavy (non-hydrogen) atoms. The van der Waals surface area contributed by atoms with Gasteiger partial charge in [-0.2, -0.15) is 0 Å². The van der Waals surface area contributed by atoms with Crippen molar-refractivity contribution in [3.63, 3.8) is 0 Å². The Morgan fingerprint density at radius 2 is 1.69 bits per heavy atom. The summed E-state index contributed by atoms with van der Waals surface area (Å²) >= 11 is 6.73. The average molecular weight is 510 g/mol. The summed E-state index contributed by atoms with van der Waals surface area (Å²) in [5, 5.41) is 2.99. The van der Waals surface area contributed by atoms with Gasteiger partial charge in [-0.3, -0.25) is 9.59 Å². The molecule has 3 aromatic carbocycles. The molecular formula is C28H28ClNO6. The molecular weight excluding hydrogens is 482 g/mol. The van der Waals surface area contributed by atoms with Crippen LogP contribution in [0, 0.1) is 0 Å². The molecule has 7 nitrogen and oxygen atoms in total. The molecule has 0 heterocycles. The van der Waals surface area contributed by atoms with Crippen LogP contribution in [0.4, 0.5) is 0 Å². The third-order valence-corrected chi connectivity index (χ3v) is 6.52. The number of methoxy groups -OCH3 is 3. The normalized spacial score (nSPS) is 15.0. The Bertz CT molecular complexity index is 1330. The van der Waals surface area contributed by atoms with Gasteiger partial charge >= 0.3 is 0 Å². The lowest BCUT2D eigenvalue weighted by molar-refractivity contribution is -0.119. The number of aryl methyl sites for hydroxylation is 1. The molecule has 188 valence electrons. The summed E-state index contributed by atoms with van der Waals surface area (Å²) in [6, 6.07) is 15.8. The molecule has 3 aromatic rings. The van der Waals surface area contributed by atoms with E-state index in [4.69, 9.17) is 30.5 Å². The van der Waals surface area contributed by atoms with E-state index in [9.17, 15) is 9.59 Å². The van der Waals surface area contributed by atoms with Crippen LogP contribution in [0.15, 0.2) is 59.4 Å². The highest BCUT2D eigenvalue weighted by Crippen LogP contribution is 2.51. The van der Waals surface area contributed by atoms with Gasteiger partial charge < -0.3 is 24.3 Å². The van der Waals surface area contributed by atoms with E-state index in [1.54, 1.807) is 19.2 Å². The van der Waals surface area contributed by atoms with Gasteiger partial charge in [0.05, 0.1) is 27.4 Å². The Kier molecular flexibility index (Phi) is 7.70. The van der Waals surface area contributed by atoms with E-state index in [-0.39, 0.29) is 17.1 Å². The summed E-state index contributed by atoms with van der Waals surface area (Å²) in [5.41, 5.74) is 2.64. The second-order valence-corrected chi connectivity index (χ2v) is 8.79. The first-order valence-corrected chi connectivity index (χ1v) is 11.9. The first-order chi connectivity index (χ1) is 17.4. The number of hydrogen-bond acceptors (Lipinski definition) is 6. The molecule has 1 amide bonds. The van der Waals surface area contributed by atoms with Crippen molar-refractivity contribution in [2.75, 3.05) is 21.3 Å². The minimum atomic E-state index is -0.823. The number of fused-ring (bicyclic) bond motifs is 3. The number of carbonyl (C=O) groups is 1. The SMILES string of the molecule is COc1cc2c(c(OC(Cl)c3ccccc3)c1OC)-c1ccc(OC)c(=O)cc1[C@@H](NC(C)=O)CC2. The first kappa shape index (κ1) is 25.4. The van der Waals surface area contributed by atoms with E-state index in [1.165, 1.54) is 27.2 Å². The largest absolute Gasteiger partial charge is 0.493 e. The van der Waals surface area contributed by atoms with Crippen molar-refractivity contribution in [2.45, 2.75) is 31.4 Å². The van der Waals surface area contributed by atoms with Gasteiger partial charge in [0.15, 0.2) is 22.8 Å². The molecule has 0 saturated heterocycles. The Morgan fingerprint density at radius 3 is 2.33 bits per heavy atom.